The van der Waals surface area contributed by atoms with Crippen LogP contribution in [0.3, 0.4) is 0 Å². The van der Waals surface area contributed by atoms with Crippen molar-refractivity contribution in [1.82, 2.24) is 0 Å². The normalized spacial score (nSPS) is 18.8. The Morgan fingerprint density at radius 2 is 0.897 bits per heavy atom. The summed E-state index contributed by atoms with van der Waals surface area (Å²) in [6, 6.07) is -6.55. The molecule has 0 atom stereocenters. The van der Waals surface area contributed by atoms with Gasteiger partial charge in [0.05, 0.1) is 27.4 Å². The van der Waals surface area contributed by atoms with E-state index in [9.17, 15) is 9.60 Å². The Morgan fingerprint density at radius 1 is 0.385 bits per heavy atom. The molecular weight excluding hydrogens is 470 g/mol. The van der Waals surface area contributed by atoms with Gasteiger partial charge in [-0.1, -0.05) is 84.7 Å². The van der Waals surface area contributed by atoms with E-state index in [0.717, 1.165) is 0 Å². The van der Waals surface area contributed by atoms with Crippen molar-refractivity contribution in [3.63, 3.8) is 0 Å². The van der Waals surface area contributed by atoms with Gasteiger partial charge in [0.2, 0.25) is 0 Å². The zero-order valence-electron chi connectivity index (χ0n) is 39.8. The molecule has 7 aromatic carbocycles. The first-order chi connectivity index (χ1) is 27.7. The highest BCUT2D eigenvalue weighted by Crippen LogP contribution is 2.51. The van der Waals surface area contributed by atoms with E-state index in [1.165, 1.54) is 0 Å². The van der Waals surface area contributed by atoms with Crippen molar-refractivity contribution in [2.24, 2.45) is 0 Å². The average Bonchev–Trinajstić information content (AvgIpc) is 3.19. The molecule has 0 bridgehead atoms. The van der Waals surface area contributed by atoms with Crippen LogP contribution in [0.2, 0.25) is 0 Å². The quantitative estimate of drug-likeness (QED) is 0.225. The van der Waals surface area contributed by atoms with Crippen LogP contribution in [0.25, 0.3) is 54.9 Å². The molecule has 0 fully saturated rings. The predicted molar refractivity (Wildman–Crippen MR) is 166 cm³/mol. The molecule has 7 aromatic rings. The molecule has 0 aliphatic heterocycles. The lowest BCUT2D eigenvalue weighted by atomic mass is 9.77. The fourth-order valence-electron chi connectivity index (χ4n) is 4.52. The lowest BCUT2D eigenvalue weighted by Crippen LogP contribution is -2.09. The van der Waals surface area contributed by atoms with Gasteiger partial charge in [0.1, 0.15) is 0 Å². The number of fused-ring (bicyclic) bond motifs is 6. The molecule has 0 heterocycles. The molecule has 1 heteroatoms. The van der Waals surface area contributed by atoms with Gasteiger partial charge in [-0.25, -0.2) is 0 Å². The van der Waals surface area contributed by atoms with Gasteiger partial charge in [-0.2, -0.15) is 0 Å². The van der Waals surface area contributed by atoms with E-state index >= 15 is 0 Å². The molecule has 0 radical (unpaired) electrons. The van der Waals surface area contributed by atoms with E-state index in [4.69, 9.17) is 17.8 Å². The summed E-state index contributed by atoms with van der Waals surface area (Å²) in [7, 11) is 0. The fourth-order valence-corrected chi connectivity index (χ4v) is 4.52. The Hall–Kier alpha value is -5.14. The van der Waals surface area contributed by atoms with Crippen LogP contribution in [0.5, 0.6) is 0 Å². The van der Waals surface area contributed by atoms with Crippen LogP contribution in [-0.4, -0.2) is 0 Å². The highest BCUT2D eigenvalue weighted by Gasteiger charge is 2.24. The van der Waals surface area contributed by atoms with Crippen molar-refractivity contribution in [1.29, 1.82) is 0 Å². The van der Waals surface area contributed by atoms with Crippen molar-refractivity contribution in [2.75, 3.05) is 4.90 Å². The third kappa shape index (κ3) is 3.63. The topological polar surface area (TPSA) is 3.24 Å². The Bertz CT molecular complexity index is 2980. The van der Waals surface area contributed by atoms with Gasteiger partial charge < -0.3 is 4.90 Å². The van der Waals surface area contributed by atoms with Crippen molar-refractivity contribution < 1.29 is 27.4 Å². The number of hydrogen-bond donors (Lipinski definition) is 0. The van der Waals surface area contributed by atoms with Crippen LogP contribution in [0.4, 0.5) is 17.1 Å². The molecule has 0 saturated heterocycles. The Balaban J connectivity index is 1.51. The molecule has 39 heavy (non-hydrogen) atoms. The van der Waals surface area contributed by atoms with Crippen LogP contribution in [0.1, 0.15) is 27.4 Å². The first-order valence-corrected chi connectivity index (χ1v) is 11.8. The summed E-state index contributed by atoms with van der Waals surface area (Å²) >= 11 is 0. The van der Waals surface area contributed by atoms with E-state index in [1.54, 1.807) is 30.3 Å². The molecule has 1 nitrogen and oxygen atoms in total. The molecule has 0 aromatic heterocycles. The second-order valence-corrected chi connectivity index (χ2v) is 8.62. The second-order valence-electron chi connectivity index (χ2n) is 8.62. The zero-order chi connectivity index (χ0) is 43.2. The van der Waals surface area contributed by atoms with Gasteiger partial charge in [0, 0.05) is 17.1 Å². The van der Waals surface area contributed by atoms with Crippen LogP contribution >= 0.6 is 0 Å². The Labute approximate surface area is 256 Å². The van der Waals surface area contributed by atoms with Crippen molar-refractivity contribution in [3.8, 4) is 33.4 Å². The van der Waals surface area contributed by atoms with Crippen LogP contribution in [-0.2, 0) is 0 Å². The van der Waals surface area contributed by atoms with Crippen LogP contribution in [0.15, 0.2) is 151 Å². The number of hydrogen-bond acceptors (Lipinski definition) is 1. The number of benzene rings is 7. The molecule has 8 rings (SSSR count). The summed E-state index contributed by atoms with van der Waals surface area (Å²) in [4.78, 5) is 0.548. The maximum absolute atomic E-state index is 9.50. The van der Waals surface area contributed by atoms with E-state index < -0.39 is 131 Å². The summed E-state index contributed by atoms with van der Waals surface area (Å²) < 4.78 is 177. The van der Waals surface area contributed by atoms with E-state index in [1.807, 2.05) is 0 Å². The number of para-hydroxylation sites is 2. The minimum atomic E-state index is -0.954. The zero-order valence-corrected chi connectivity index (χ0v) is 19.8. The highest BCUT2D eigenvalue weighted by molar-refractivity contribution is 6.12. The summed E-state index contributed by atoms with van der Waals surface area (Å²) in [5.74, 6) is 0. The standard InChI is InChI=1S/C38H25N/c1-4-10-26(11-5-1)27-16-17-28-22-35-37(24-30(28)20-27)36-23-29-18-19-34(21-31(29)25-38(35)36)39(32-12-6-2-7-13-32)33-14-8-3-9-15-33/h1-25H/i2D,3D,6D,7D,8D,9D,12D,13D,14D,15D,16D,17D,18D,19D,20D,21D,22D,23D,24D,25D. The first kappa shape index (κ1) is 9.87. The van der Waals surface area contributed by atoms with E-state index in [0.29, 0.717) is 10.5 Å². The summed E-state index contributed by atoms with van der Waals surface area (Å²) in [6.07, 6.45) is 0. The second kappa shape index (κ2) is 8.72. The highest BCUT2D eigenvalue weighted by atomic mass is 15.1. The molecule has 0 N–H and O–H groups in total. The van der Waals surface area contributed by atoms with Crippen molar-refractivity contribution in [3.05, 3.63) is 151 Å². The summed E-state index contributed by atoms with van der Waals surface area (Å²) in [5, 5.41) is -1.35. The van der Waals surface area contributed by atoms with Gasteiger partial charge in [-0.05, 0) is 121 Å². The van der Waals surface area contributed by atoms with Gasteiger partial charge in [-0.15, -0.1) is 0 Å². The van der Waals surface area contributed by atoms with Crippen LogP contribution < -0.4 is 4.90 Å². The predicted octanol–water partition coefficient (Wildman–Crippen LogP) is 10.8. The molecule has 182 valence electrons. The van der Waals surface area contributed by atoms with E-state index in [-0.39, 0.29) is 56.7 Å². The summed E-state index contributed by atoms with van der Waals surface area (Å²) in [6.45, 7) is 0. The van der Waals surface area contributed by atoms with Crippen LogP contribution in [0, 0.1) is 0 Å². The fraction of sp³-hybridized carbons (Fsp3) is 0. The molecule has 1 aliphatic carbocycles. The molecule has 0 spiro atoms. The third-order valence-corrected chi connectivity index (χ3v) is 6.32. The number of rotatable bonds is 4. The van der Waals surface area contributed by atoms with Gasteiger partial charge in [0.25, 0.3) is 0 Å². The smallest absolute Gasteiger partial charge is 0.0651 e. The molecular formula is C38H25N. The monoisotopic (exact) mass is 515 g/mol. The minimum Gasteiger partial charge on any atom is -0.310 e. The minimum absolute atomic E-state index is 0.0442. The Kier molecular flexibility index (Phi) is 2.21. The first-order valence-electron chi connectivity index (χ1n) is 21.8. The lowest BCUT2D eigenvalue weighted by molar-refractivity contribution is 1.29. The van der Waals surface area contributed by atoms with Gasteiger partial charge >= 0.3 is 0 Å². The molecule has 1 aliphatic rings. The van der Waals surface area contributed by atoms with E-state index in [2.05, 4.69) is 0 Å². The lowest BCUT2D eigenvalue weighted by Gasteiger charge is -2.28. The third-order valence-electron chi connectivity index (χ3n) is 6.32. The summed E-state index contributed by atoms with van der Waals surface area (Å²) in [5.41, 5.74) is -2.44. The van der Waals surface area contributed by atoms with Gasteiger partial charge in [-0.3, -0.25) is 0 Å². The molecule has 0 unspecified atom stereocenters. The SMILES string of the molecule is [2H]c1c([2H])c([2H])c(N(c2c([2H])c([2H])c([2H])c([2H])c2[2H])c2c([2H])c([2H])c3c([2H])c4c(c([2H])c3c2[2H])-c2c-4c([2H])c3c([2H])c(-c4ccccc4)c([2H])c([2H])c3c2[2H])c([2H])c1[2H]. The van der Waals surface area contributed by atoms with Crippen molar-refractivity contribution in [2.45, 2.75) is 0 Å². The number of anilines is 3. The maximum atomic E-state index is 9.50. The van der Waals surface area contributed by atoms with Crippen molar-refractivity contribution >= 4 is 38.6 Å². The average molecular weight is 516 g/mol. The largest absolute Gasteiger partial charge is 0.310 e. The van der Waals surface area contributed by atoms with Gasteiger partial charge in [0.15, 0.2) is 0 Å². The molecule has 0 saturated carbocycles. The Morgan fingerprint density at radius 3 is 1.49 bits per heavy atom. The maximum Gasteiger partial charge on any atom is 0.0651 e. The molecule has 0 amide bonds. The number of nitrogens with zero attached hydrogens (tertiary/aromatic N) is 1.